The van der Waals surface area contributed by atoms with E-state index in [2.05, 4.69) is 9.44 Å². The first kappa shape index (κ1) is 11.9. The van der Waals surface area contributed by atoms with Gasteiger partial charge in [-0.3, -0.25) is 0 Å². The summed E-state index contributed by atoms with van der Waals surface area (Å²) in [6.45, 7) is 1.18. The molecule has 0 bridgehead atoms. The lowest BCUT2D eigenvalue weighted by atomic mass is 10.2. The van der Waals surface area contributed by atoms with E-state index < -0.39 is 10.2 Å². The van der Waals surface area contributed by atoms with Crippen LogP contribution in [0.2, 0.25) is 0 Å². The molecule has 5 nitrogen and oxygen atoms in total. The summed E-state index contributed by atoms with van der Waals surface area (Å²) in [5.41, 5.74) is 5.32. The Labute approximate surface area is 85.6 Å². The molecule has 0 aromatic carbocycles. The molecule has 0 spiro atoms. The van der Waals surface area contributed by atoms with Crippen molar-refractivity contribution in [2.24, 2.45) is 5.73 Å². The molecule has 1 saturated carbocycles. The van der Waals surface area contributed by atoms with Crippen LogP contribution in [0.25, 0.3) is 0 Å². The van der Waals surface area contributed by atoms with Crippen molar-refractivity contribution in [3.05, 3.63) is 0 Å². The average Bonchev–Trinajstić information content (AvgIpc) is 2.87. The highest BCUT2D eigenvalue weighted by molar-refractivity contribution is 7.87. The Hall–Kier alpha value is -0.170. The van der Waals surface area contributed by atoms with Crippen LogP contribution in [0.3, 0.4) is 0 Å². The molecular formula is C8H19N3O2S. The van der Waals surface area contributed by atoms with E-state index in [0.717, 1.165) is 32.1 Å². The van der Waals surface area contributed by atoms with Crippen LogP contribution in [-0.2, 0) is 10.2 Å². The number of nitrogens with one attached hydrogen (secondary N) is 2. The maximum atomic E-state index is 11.3. The SMILES string of the molecule is NCCCCCNS(=O)(=O)NC1CC1. The highest BCUT2D eigenvalue weighted by Gasteiger charge is 2.26. The Bertz CT molecular complexity index is 249. The second kappa shape index (κ2) is 5.65. The van der Waals surface area contributed by atoms with E-state index in [1.807, 2.05) is 0 Å². The van der Waals surface area contributed by atoms with Gasteiger partial charge in [0.2, 0.25) is 0 Å². The summed E-state index contributed by atoms with van der Waals surface area (Å²) in [4.78, 5) is 0. The molecule has 0 heterocycles. The normalized spacial score (nSPS) is 17.2. The van der Waals surface area contributed by atoms with E-state index in [9.17, 15) is 8.42 Å². The third-order valence-electron chi connectivity index (χ3n) is 2.07. The molecule has 0 saturated heterocycles. The molecule has 1 aliphatic rings. The van der Waals surface area contributed by atoms with E-state index in [0.29, 0.717) is 13.1 Å². The Morgan fingerprint density at radius 3 is 2.50 bits per heavy atom. The lowest BCUT2D eigenvalue weighted by Gasteiger charge is -2.06. The van der Waals surface area contributed by atoms with Gasteiger partial charge in [-0.1, -0.05) is 6.42 Å². The molecule has 0 aromatic heterocycles. The molecule has 14 heavy (non-hydrogen) atoms. The number of hydrogen-bond acceptors (Lipinski definition) is 3. The van der Waals surface area contributed by atoms with Gasteiger partial charge in [-0.05, 0) is 32.2 Å². The van der Waals surface area contributed by atoms with E-state index in [1.165, 1.54) is 0 Å². The zero-order valence-electron chi connectivity index (χ0n) is 8.33. The third-order valence-corrected chi connectivity index (χ3v) is 3.30. The molecule has 0 unspecified atom stereocenters. The summed E-state index contributed by atoms with van der Waals surface area (Å²) < 4.78 is 27.6. The summed E-state index contributed by atoms with van der Waals surface area (Å²) >= 11 is 0. The van der Waals surface area contributed by atoms with Crippen LogP contribution in [-0.4, -0.2) is 27.5 Å². The molecule has 0 amide bonds. The Kier molecular flexibility index (Phi) is 4.80. The third kappa shape index (κ3) is 5.54. The van der Waals surface area contributed by atoms with E-state index >= 15 is 0 Å². The van der Waals surface area contributed by atoms with Gasteiger partial charge in [-0.2, -0.15) is 13.1 Å². The van der Waals surface area contributed by atoms with Crippen LogP contribution in [0.1, 0.15) is 32.1 Å². The number of rotatable bonds is 8. The van der Waals surface area contributed by atoms with Gasteiger partial charge in [0, 0.05) is 12.6 Å². The molecular weight excluding hydrogens is 202 g/mol. The fourth-order valence-electron chi connectivity index (χ4n) is 1.11. The molecule has 1 fully saturated rings. The summed E-state index contributed by atoms with van der Waals surface area (Å²) in [5.74, 6) is 0. The van der Waals surface area contributed by atoms with Crippen molar-refractivity contribution >= 4 is 10.2 Å². The van der Waals surface area contributed by atoms with Crippen molar-refractivity contribution in [2.45, 2.75) is 38.1 Å². The summed E-state index contributed by atoms with van der Waals surface area (Å²) in [6, 6.07) is 0.177. The summed E-state index contributed by atoms with van der Waals surface area (Å²) in [6.07, 6.45) is 4.71. The Morgan fingerprint density at radius 1 is 1.21 bits per heavy atom. The van der Waals surface area contributed by atoms with Crippen LogP contribution in [0.4, 0.5) is 0 Å². The molecule has 0 radical (unpaired) electrons. The maximum Gasteiger partial charge on any atom is 0.277 e. The number of hydrogen-bond donors (Lipinski definition) is 3. The van der Waals surface area contributed by atoms with Gasteiger partial charge < -0.3 is 5.73 Å². The van der Waals surface area contributed by atoms with Crippen LogP contribution < -0.4 is 15.2 Å². The second-order valence-corrected chi connectivity index (χ2v) is 5.17. The first-order chi connectivity index (χ1) is 6.64. The van der Waals surface area contributed by atoms with Crippen molar-refractivity contribution in [1.82, 2.24) is 9.44 Å². The largest absolute Gasteiger partial charge is 0.330 e. The predicted octanol–water partition coefficient (Wildman–Crippen LogP) is -0.298. The fourth-order valence-corrected chi connectivity index (χ4v) is 2.29. The standard InChI is InChI=1S/C8H19N3O2S/c9-6-2-1-3-7-10-14(12,13)11-8-4-5-8/h8,10-11H,1-7,9H2. The molecule has 0 aromatic rings. The van der Waals surface area contributed by atoms with Crippen molar-refractivity contribution in [3.63, 3.8) is 0 Å². The van der Waals surface area contributed by atoms with Crippen LogP contribution >= 0.6 is 0 Å². The first-order valence-electron chi connectivity index (χ1n) is 5.11. The minimum Gasteiger partial charge on any atom is -0.330 e. The maximum absolute atomic E-state index is 11.3. The lowest BCUT2D eigenvalue weighted by Crippen LogP contribution is -2.38. The molecule has 6 heteroatoms. The van der Waals surface area contributed by atoms with Gasteiger partial charge in [0.15, 0.2) is 0 Å². The predicted molar refractivity (Wildman–Crippen MR) is 56.0 cm³/mol. The molecule has 0 aliphatic heterocycles. The fraction of sp³-hybridized carbons (Fsp3) is 1.00. The topological polar surface area (TPSA) is 84.2 Å². The summed E-state index contributed by atoms with van der Waals surface area (Å²) in [7, 11) is -3.24. The van der Waals surface area contributed by atoms with Crippen molar-refractivity contribution in [2.75, 3.05) is 13.1 Å². The van der Waals surface area contributed by atoms with E-state index in [1.54, 1.807) is 0 Å². The van der Waals surface area contributed by atoms with Crippen LogP contribution in [0, 0.1) is 0 Å². The van der Waals surface area contributed by atoms with Gasteiger partial charge in [0.05, 0.1) is 0 Å². The van der Waals surface area contributed by atoms with E-state index in [4.69, 9.17) is 5.73 Å². The van der Waals surface area contributed by atoms with Crippen LogP contribution in [0.5, 0.6) is 0 Å². The highest BCUT2D eigenvalue weighted by atomic mass is 32.2. The Morgan fingerprint density at radius 2 is 1.93 bits per heavy atom. The lowest BCUT2D eigenvalue weighted by molar-refractivity contribution is 0.560. The zero-order valence-corrected chi connectivity index (χ0v) is 9.15. The van der Waals surface area contributed by atoms with Gasteiger partial charge >= 0.3 is 0 Å². The second-order valence-electron chi connectivity index (χ2n) is 3.64. The number of nitrogens with two attached hydrogens (primary N) is 1. The first-order valence-corrected chi connectivity index (χ1v) is 6.59. The van der Waals surface area contributed by atoms with Gasteiger partial charge in [-0.15, -0.1) is 0 Å². The highest BCUT2D eigenvalue weighted by Crippen LogP contribution is 2.19. The van der Waals surface area contributed by atoms with Gasteiger partial charge in [0.1, 0.15) is 0 Å². The monoisotopic (exact) mass is 221 g/mol. The van der Waals surface area contributed by atoms with Crippen molar-refractivity contribution < 1.29 is 8.42 Å². The molecule has 4 N–H and O–H groups in total. The number of unbranched alkanes of at least 4 members (excludes halogenated alkanes) is 2. The van der Waals surface area contributed by atoms with E-state index in [-0.39, 0.29) is 6.04 Å². The zero-order chi connectivity index (χ0) is 10.4. The van der Waals surface area contributed by atoms with Crippen molar-refractivity contribution in [1.29, 1.82) is 0 Å². The minimum atomic E-state index is -3.24. The Balaban J connectivity index is 2.03. The minimum absolute atomic E-state index is 0.177. The van der Waals surface area contributed by atoms with Crippen LogP contribution in [0.15, 0.2) is 0 Å². The van der Waals surface area contributed by atoms with Gasteiger partial charge in [0.25, 0.3) is 10.2 Å². The summed E-state index contributed by atoms with van der Waals surface area (Å²) in [5, 5.41) is 0. The van der Waals surface area contributed by atoms with Crippen molar-refractivity contribution in [3.8, 4) is 0 Å². The smallest absolute Gasteiger partial charge is 0.277 e. The van der Waals surface area contributed by atoms with Gasteiger partial charge in [-0.25, -0.2) is 4.72 Å². The molecule has 1 aliphatic carbocycles. The quantitative estimate of drug-likeness (QED) is 0.492. The average molecular weight is 221 g/mol. The molecule has 0 atom stereocenters. The molecule has 84 valence electrons. The molecule has 1 rings (SSSR count).